The number of rotatable bonds is 3. The Morgan fingerprint density at radius 1 is 1.47 bits per heavy atom. The summed E-state index contributed by atoms with van der Waals surface area (Å²) < 4.78 is 5.39. The van der Waals surface area contributed by atoms with Gasteiger partial charge in [0, 0.05) is 29.6 Å². The first-order chi connectivity index (χ1) is 8.16. The molecule has 1 unspecified atom stereocenters. The molecule has 1 aliphatic heterocycles. The molecule has 1 aliphatic rings. The molecule has 0 aliphatic carbocycles. The zero-order valence-electron chi connectivity index (χ0n) is 9.21. The number of carbonyl (C=O) groups is 1. The maximum absolute atomic E-state index is 12.0. The minimum absolute atomic E-state index is 0.0290. The van der Waals surface area contributed by atoms with Gasteiger partial charge in [0.15, 0.2) is 5.78 Å². The van der Waals surface area contributed by atoms with Crippen molar-refractivity contribution in [1.82, 2.24) is 5.32 Å². The van der Waals surface area contributed by atoms with E-state index in [4.69, 9.17) is 27.9 Å². The molecule has 1 saturated heterocycles. The quantitative estimate of drug-likeness (QED) is 0.917. The molecule has 1 N–H and O–H groups in total. The van der Waals surface area contributed by atoms with Crippen LogP contribution in [0.1, 0.15) is 5.56 Å². The van der Waals surface area contributed by atoms with Crippen LogP contribution >= 0.6 is 23.2 Å². The van der Waals surface area contributed by atoms with E-state index in [-0.39, 0.29) is 18.3 Å². The fourth-order valence-electron chi connectivity index (χ4n) is 1.75. The summed E-state index contributed by atoms with van der Waals surface area (Å²) in [6.07, 6.45) is -0.120. The first kappa shape index (κ1) is 12.8. The molecule has 0 spiro atoms. The van der Waals surface area contributed by atoms with Crippen LogP contribution < -0.4 is 5.32 Å². The fourth-order valence-corrected chi connectivity index (χ4v) is 2.13. The van der Waals surface area contributed by atoms with Gasteiger partial charge in [-0.3, -0.25) is 4.79 Å². The summed E-state index contributed by atoms with van der Waals surface area (Å²) >= 11 is 11.9. The van der Waals surface area contributed by atoms with Crippen LogP contribution in [0.25, 0.3) is 0 Å². The Morgan fingerprint density at radius 3 is 3.00 bits per heavy atom. The van der Waals surface area contributed by atoms with Gasteiger partial charge in [-0.1, -0.05) is 23.2 Å². The summed E-state index contributed by atoms with van der Waals surface area (Å²) in [6, 6.07) is 5.13. The number of halogens is 2. The van der Waals surface area contributed by atoms with Crippen molar-refractivity contribution in [2.45, 2.75) is 12.5 Å². The SMILES string of the molecule is O=C(Cc1cc(Cl)ccc1Cl)C1CNCCO1. The van der Waals surface area contributed by atoms with E-state index in [9.17, 15) is 4.79 Å². The Hall–Kier alpha value is -0.610. The van der Waals surface area contributed by atoms with E-state index in [0.717, 1.165) is 12.1 Å². The predicted molar refractivity (Wildman–Crippen MR) is 67.8 cm³/mol. The largest absolute Gasteiger partial charge is 0.368 e. The van der Waals surface area contributed by atoms with E-state index < -0.39 is 0 Å². The zero-order chi connectivity index (χ0) is 12.3. The lowest BCUT2D eigenvalue weighted by Crippen LogP contribution is -2.43. The molecular weight excluding hydrogens is 261 g/mol. The minimum Gasteiger partial charge on any atom is -0.368 e. The van der Waals surface area contributed by atoms with Crippen molar-refractivity contribution in [1.29, 1.82) is 0 Å². The molecule has 0 aromatic heterocycles. The Balaban J connectivity index is 2.04. The number of hydrogen-bond acceptors (Lipinski definition) is 3. The average molecular weight is 274 g/mol. The summed E-state index contributed by atoms with van der Waals surface area (Å²) in [5, 5.41) is 4.27. The van der Waals surface area contributed by atoms with E-state index in [1.807, 2.05) is 0 Å². The monoisotopic (exact) mass is 273 g/mol. The summed E-state index contributed by atoms with van der Waals surface area (Å²) in [5.74, 6) is 0.0290. The second kappa shape index (κ2) is 5.83. The molecule has 1 fully saturated rings. The summed E-state index contributed by atoms with van der Waals surface area (Å²) in [4.78, 5) is 12.0. The highest BCUT2D eigenvalue weighted by molar-refractivity contribution is 6.33. The molecule has 0 bridgehead atoms. The first-order valence-electron chi connectivity index (χ1n) is 5.46. The summed E-state index contributed by atoms with van der Waals surface area (Å²) in [5.41, 5.74) is 0.748. The van der Waals surface area contributed by atoms with E-state index in [2.05, 4.69) is 5.32 Å². The van der Waals surface area contributed by atoms with Crippen LogP contribution in [0, 0.1) is 0 Å². The molecule has 0 saturated carbocycles. The third-order valence-corrected chi connectivity index (χ3v) is 3.26. The van der Waals surface area contributed by atoms with Crippen LogP contribution in [0.3, 0.4) is 0 Å². The van der Waals surface area contributed by atoms with Crippen molar-refractivity contribution in [3.63, 3.8) is 0 Å². The number of carbonyl (C=O) groups excluding carboxylic acids is 1. The van der Waals surface area contributed by atoms with Crippen molar-refractivity contribution in [2.24, 2.45) is 0 Å². The molecule has 5 heteroatoms. The molecule has 1 heterocycles. The van der Waals surface area contributed by atoms with Crippen molar-refractivity contribution >= 4 is 29.0 Å². The zero-order valence-corrected chi connectivity index (χ0v) is 10.7. The molecule has 0 radical (unpaired) electrons. The first-order valence-corrected chi connectivity index (χ1v) is 6.21. The highest BCUT2D eigenvalue weighted by Gasteiger charge is 2.22. The Kier molecular flexibility index (Phi) is 4.40. The highest BCUT2D eigenvalue weighted by Crippen LogP contribution is 2.21. The maximum Gasteiger partial charge on any atom is 0.167 e. The summed E-state index contributed by atoms with van der Waals surface area (Å²) in [7, 11) is 0. The van der Waals surface area contributed by atoms with Crippen LogP contribution in [0.15, 0.2) is 18.2 Å². The normalized spacial score (nSPS) is 20.2. The number of hydrogen-bond donors (Lipinski definition) is 1. The van der Waals surface area contributed by atoms with Gasteiger partial charge in [0.1, 0.15) is 6.10 Å². The minimum atomic E-state index is -0.376. The average Bonchev–Trinajstić information content (AvgIpc) is 2.35. The van der Waals surface area contributed by atoms with Crippen LogP contribution in [-0.4, -0.2) is 31.6 Å². The number of ether oxygens (including phenoxy) is 1. The van der Waals surface area contributed by atoms with Crippen molar-refractivity contribution in [3.8, 4) is 0 Å². The number of benzene rings is 1. The van der Waals surface area contributed by atoms with E-state index in [1.165, 1.54) is 0 Å². The second-order valence-electron chi connectivity index (χ2n) is 3.94. The van der Waals surface area contributed by atoms with Gasteiger partial charge in [-0.15, -0.1) is 0 Å². The van der Waals surface area contributed by atoms with Gasteiger partial charge < -0.3 is 10.1 Å². The van der Waals surface area contributed by atoms with Gasteiger partial charge >= 0.3 is 0 Å². The third-order valence-electron chi connectivity index (χ3n) is 2.66. The molecule has 1 aromatic rings. The van der Waals surface area contributed by atoms with E-state index >= 15 is 0 Å². The molecule has 17 heavy (non-hydrogen) atoms. The second-order valence-corrected chi connectivity index (χ2v) is 4.79. The summed E-state index contributed by atoms with van der Waals surface area (Å²) in [6.45, 7) is 1.93. The number of Topliss-reactive ketones (excluding diaryl/α,β-unsaturated/α-hetero) is 1. The molecule has 0 amide bonds. The number of ketones is 1. The predicted octanol–water partition coefficient (Wildman–Crippen LogP) is 2.09. The van der Waals surface area contributed by atoms with Gasteiger partial charge in [0.05, 0.1) is 6.61 Å². The van der Waals surface area contributed by atoms with Crippen molar-refractivity contribution < 1.29 is 9.53 Å². The smallest absolute Gasteiger partial charge is 0.167 e. The van der Waals surface area contributed by atoms with Crippen molar-refractivity contribution in [3.05, 3.63) is 33.8 Å². The van der Waals surface area contributed by atoms with Crippen LogP contribution in [0.2, 0.25) is 10.0 Å². The molecule has 92 valence electrons. The van der Waals surface area contributed by atoms with Crippen molar-refractivity contribution in [2.75, 3.05) is 19.7 Å². The lowest BCUT2D eigenvalue weighted by Gasteiger charge is -2.22. The Bertz CT molecular complexity index is 417. The van der Waals surface area contributed by atoms with E-state index in [0.29, 0.717) is 23.2 Å². The molecule has 1 aromatic carbocycles. The molecule has 1 atom stereocenters. The Morgan fingerprint density at radius 2 is 2.29 bits per heavy atom. The Labute approximate surface area is 110 Å². The van der Waals surface area contributed by atoms with Crippen LogP contribution in [0.5, 0.6) is 0 Å². The molecule has 3 nitrogen and oxygen atoms in total. The van der Waals surface area contributed by atoms with E-state index in [1.54, 1.807) is 18.2 Å². The lowest BCUT2D eigenvalue weighted by molar-refractivity contribution is -0.131. The van der Waals surface area contributed by atoms with Gasteiger partial charge in [-0.05, 0) is 23.8 Å². The standard InChI is InChI=1S/C12H13Cl2NO2/c13-9-1-2-10(14)8(5-9)6-11(16)12-7-15-3-4-17-12/h1-2,5,12,15H,3-4,6-7H2. The topological polar surface area (TPSA) is 38.3 Å². The maximum atomic E-state index is 12.0. The lowest BCUT2D eigenvalue weighted by atomic mass is 10.0. The molecule has 2 rings (SSSR count). The van der Waals surface area contributed by atoms with Gasteiger partial charge in [-0.25, -0.2) is 0 Å². The van der Waals surface area contributed by atoms with Crippen LogP contribution in [-0.2, 0) is 16.0 Å². The number of nitrogens with one attached hydrogen (secondary N) is 1. The highest BCUT2D eigenvalue weighted by atomic mass is 35.5. The van der Waals surface area contributed by atoms with Gasteiger partial charge in [0.25, 0.3) is 0 Å². The third kappa shape index (κ3) is 3.42. The van der Waals surface area contributed by atoms with Gasteiger partial charge in [-0.2, -0.15) is 0 Å². The molecular formula is C12H13Cl2NO2. The number of morpholine rings is 1. The van der Waals surface area contributed by atoms with Gasteiger partial charge in [0.2, 0.25) is 0 Å². The van der Waals surface area contributed by atoms with Crippen LogP contribution in [0.4, 0.5) is 0 Å². The fraction of sp³-hybridized carbons (Fsp3) is 0.417.